The molecule has 1 N–H and O–H groups in total. The summed E-state index contributed by atoms with van der Waals surface area (Å²) < 4.78 is 2.93. The molecular formula is C15H13BrClN3. The first-order valence-electron chi connectivity index (χ1n) is 6.23. The zero-order valence-corrected chi connectivity index (χ0v) is 13.2. The van der Waals surface area contributed by atoms with Gasteiger partial charge in [0, 0.05) is 30.7 Å². The van der Waals surface area contributed by atoms with Crippen LogP contribution in [0.15, 0.2) is 47.2 Å². The number of hydrogen-bond acceptors (Lipinski definition) is 2. The van der Waals surface area contributed by atoms with Gasteiger partial charge >= 0.3 is 0 Å². The molecule has 20 heavy (non-hydrogen) atoms. The predicted molar refractivity (Wildman–Crippen MR) is 87.2 cm³/mol. The third-order valence-corrected chi connectivity index (χ3v) is 4.39. The van der Waals surface area contributed by atoms with Gasteiger partial charge in [-0.3, -0.25) is 0 Å². The van der Waals surface area contributed by atoms with Crippen LogP contribution in [0.5, 0.6) is 0 Å². The summed E-state index contributed by atoms with van der Waals surface area (Å²) in [5.74, 6) is 0. The maximum absolute atomic E-state index is 5.89. The highest BCUT2D eigenvalue weighted by atomic mass is 79.9. The average molecular weight is 351 g/mol. The molecule has 102 valence electrons. The molecule has 3 aromatic rings. The molecule has 0 aliphatic carbocycles. The van der Waals surface area contributed by atoms with Gasteiger partial charge in [0.1, 0.15) is 5.15 Å². The average Bonchev–Trinajstić information content (AvgIpc) is 2.78. The van der Waals surface area contributed by atoms with E-state index >= 15 is 0 Å². The van der Waals surface area contributed by atoms with Crippen LogP contribution in [-0.2, 0) is 13.6 Å². The van der Waals surface area contributed by atoms with E-state index in [2.05, 4.69) is 68.3 Å². The zero-order chi connectivity index (χ0) is 14.1. The van der Waals surface area contributed by atoms with Gasteiger partial charge in [0.25, 0.3) is 0 Å². The molecule has 0 amide bonds. The van der Waals surface area contributed by atoms with Gasteiger partial charge in [-0.1, -0.05) is 29.8 Å². The predicted octanol–water partition coefficient (Wildman–Crippen LogP) is 4.60. The second-order valence-corrected chi connectivity index (χ2v) is 5.84. The standard InChI is InChI=1S/C15H13BrClN3/c1-20-9-10(12-4-2-3-5-14(12)20)7-18-11-6-13(16)15(17)19-8-11/h2-6,8-9,18H,7H2,1H3. The fourth-order valence-corrected chi connectivity index (χ4v) is 2.73. The van der Waals surface area contributed by atoms with Crippen molar-refractivity contribution in [3.05, 3.63) is 57.9 Å². The van der Waals surface area contributed by atoms with Gasteiger partial charge in [-0.05, 0) is 33.6 Å². The molecule has 0 atom stereocenters. The Kier molecular flexibility index (Phi) is 3.68. The van der Waals surface area contributed by atoms with Gasteiger partial charge in [0.2, 0.25) is 0 Å². The molecule has 2 aromatic heterocycles. The van der Waals surface area contributed by atoms with E-state index in [-0.39, 0.29) is 0 Å². The van der Waals surface area contributed by atoms with Crippen LogP contribution in [0.4, 0.5) is 5.69 Å². The van der Waals surface area contributed by atoms with Crippen molar-refractivity contribution in [1.29, 1.82) is 0 Å². The smallest absolute Gasteiger partial charge is 0.143 e. The van der Waals surface area contributed by atoms with Crippen LogP contribution in [0.1, 0.15) is 5.56 Å². The summed E-state index contributed by atoms with van der Waals surface area (Å²) in [6, 6.07) is 10.3. The second kappa shape index (κ2) is 5.46. The molecule has 0 aliphatic rings. The summed E-state index contributed by atoms with van der Waals surface area (Å²) in [7, 11) is 2.06. The lowest BCUT2D eigenvalue weighted by molar-refractivity contribution is 0.955. The first-order chi connectivity index (χ1) is 9.65. The zero-order valence-electron chi connectivity index (χ0n) is 10.9. The van der Waals surface area contributed by atoms with E-state index in [1.165, 1.54) is 16.5 Å². The maximum atomic E-state index is 5.89. The number of aromatic nitrogens is 2. The summed E-state index contributed by atoms with van der Waals surface area (Å²) in [5, 5.41) is 5.11. The Bertz CT molecular complexity index is 767. The quantitative estimate of drug-likeness (QED) is 0.700. The molecule has 0 spiro atoms. The number of halogens is 2. The van der Waals surface area contributed by atoms with Crippen molar-refractivity contribution < 1.29 is 0 Å². The summed E-state index contributed by atoms with van der Waals surface area (Å²) >= 11 is 9.27. The number of nitrogens with one attached hydrogen (secondary N) is 1. The number of nitrogens with zero attached hydrogens (tertiary/aromatic N) is 2. The minimum Gasteiger partial charge on any atom is -0.380 e. The van der Waals surface area contributed by atoms with Crippen LogP contribution in [0.2, 0.25) is 5.15 Å². The van der Waals surface area contributed by atoms with Crippen molar-refractivity contribution in [3.8, 4) is 0 Å². The van der Waals surface area contributed by atoms with Gasteiger partial charge in [-0.15, -0.1) is 0 Å². The Labute approximate surface area is 130 Å². The van der Waals surface area contributed by atoms with Crippen molar-refractivity contribution >= 4 is 44.1 Å². The van der Waals surface area contributed by atoms with Crippen LogP contribution >= 0.6 is 27.5 Å². The van der Waals surface area contributed by atoms with E-state index in [0.717, 1.165) is 16.7 Å². The van der Waals surface area contributed by atoms with E-state index in [0.29, 0.717) is 5.15 Å². The van der Waals surface area contributed by atoms with E-state index in [1.807, 2.05) is 6.07 Å². The summed E-state index contributed by atoms with van der Waals surface area (Å²) in [6.45, 7) is 0.747. The molecule has 1 aromatic carbocycles. The molecule has 0 unspecified atom stereocenters. The van der Waals surface area contributed by atoms with Gasteiger partial charge < -0.3 is 9.88 Å². The van der Waals surface area contributed by atoms with Crippen LogP contribution in [0, 0.1) is 0 Å². The van der Waals surface area contributed by atoms with E-state index in [4.69, 9.17) is 11.6 Å². The fraction of sp³-hybridized carbons (Fsp3) is 0.133. The Hall–Kier alpha value is -1.52. The third kappa shape index (κ3) is 2.53. The first-order valence-corrected chi connectivity index (χ1v) is 7.40. The van der Waals surface area contributed by atoms with Gasteiger partial charge in [0.15, 0.2) is 0 Å². The number of hydrogen-bond donors (Lipinski definition) is 1. The minimum atomic E-state index is 0.473. The van der Waals surface area contributed by atoms with Gasteiger partial charge in [0.05, 0.1) is 16.4 Å². The van der Waals surface area contributed by atoms with Crippen LogP contribution in [-0.4, -0.2) is 9.55 Å². The topological polar surface area (TPSA) is 29.9 Å². The SMILES string of the molecule is Cn1cc(CNc2cnc(Cl)c(Br)c2)c2ccccc21. The molecule has 0 aliphatic heterocycles. The van der Waals surface area contributed by atoms with Gasteiger partial charge in [-0.25, -0.2) is 4.98 Å². The third-order valence-electron chi connectivity index (χ3n) is 3.26. The van der Waals surface area contributed by atoms with E-state index < -0.39 is 0 Å². The monoisotopic (exact) mass is 349 g/mol. The second-order valence-electron chi connectivity index (χ2n) is 4.63. The summed E-state index contributed by atoms with van der Waals surface area (Å²) in [5.41, 5.74) is 3.43. The highest BCUT2D eigenvalue weighted by Gasteiger charge is 2.06. The molecule has 2 heterocycles. The maximum Gasteiger partial charge on any atom is 0.143 e. The molecular weight excluding hydrogens is 338 g/mol. The molecule has 0 radical (unpaired) electrons. The van der Waals surface area contributed by atoms with Crippen molar-refractivity contribution in [2.75, 3.05) is 5.32 Å². The Balaban J connectivity index is 1.85. The fourth-order valence-electron chi connectivity index (χ4n) is 2.28. The minimum absolute atomic E-state index is 0.473. The molecule has 5 heteroatoms. The highest BCUT2D eigenvalue weighted by Crippen LogP contribution is 2.24. The normalized spacial score (nSPS) is 10.9. The number of para-hydroxylation sites is 1. The van der Waals surface area contributed by atoms with Crippen molar-refractivity contribution in [2.45, 2.75) is 6.54 Å². The molecule has 0 fully saturated rings. The van der Waals surface area contributed by atoms with Crippen molar-refractivity contribution in [1.82, 2.24) is 9.55 Å². The lowest BCUT2D eigenvalue weighted by Crippen LogP contribution is -1.99. The number of aryl methyl sites for hydroxylation is 1. The number of pyridine rings is 1. The molecule has 3 nitrogen and oxygen atoms in total. The lowest BCUT2D eigenvalue weighted by atomic mass is 10.2. The number of anilines is 1. The molecule has 0 bridgehead atoms. The van der Waals surface area contributed by atoms with Gasteiger partial charge in [-0.2, -0.15) is 0 Å². The van der Waals surface area contributed by atoms with Crippen LogP contribution in [0.25, 0.3) is 10.9 Å². The van der Waals surface area contributed by atoms with Crippen molar-refractivity contribution in [2.24, 2.45) is 7.05 Å². The number of benzene rings is 1. The number of fused-ring (bicyclic) bond motifs is 1. The summed E-state index contributed by atoms with van der Waals surface area (Å²) in [6.07, 6.45) is 3.88. The Morgan fingerprint density at radius 1 is 1.35 bits per heavy atom. The molecule has 0 saturated carbocycles. The largest absolute Gasteiger partial charge is 0.380 e. The number of rotatable bonds is 3. The van der Waals surface area contributed by atoms with Crippen LogP contribution in [0.3, 0.4) is 0 Å². The Morgan fingerprint density at radius 3 is 2.95 bits per heavy atom. The molecule has 0 saturated heterocycles. The van der Waals surface area contributed by atoms with Crippen LogP contribution < -0.4 is 5.32 Å². The lowest BCUT2D eigenvalue weighted by Gasteiger charge is -2.06. The molecule has 3 rings (SSSR count). The summed E-state index contributed by atoms with van der Waals surface area (Å²) in [4.78, 5) is 4.11. The highest BCUT2D eigenvalue weighted by molar-refractivity contribution is 9.10. The van der Waals surface area contributed by atoms with E-state index in [1.54, 1.807) is 6.20 Å². The van der Waals surface area contributed by atoms with Crippen molar-refractivity contribution in [3.63, 3.8) is 0 Å². The Morgan fingerprint density at radius 2 is 2.15 bits per heavy atom. The first kappa shape index (κ1) is 13.5. The van der Waals surface area contributed by atoms with E-state index in [9.17, 15) is 0 Å².